The van der Waals surface area contributed by atoms with Crippen LogP contribution in [-0.4, -0.2) is 64.2 Å². The molecule has 0 aliphatic heterocycles. The fourth-order valence-electron chi connectivity index (χ4n) is 0.868. The lowest BCUT2D eigenvalue weighted by Gasteiger charge is -2.06. The molecule has 15 heavy (non-hydrogen) atoms. The monoisotopic (exact) mass is 220 g/mol. The number of aliphatic hydroxyl groups is 1. The van der Waals surface area contributed by atoms with E-state index in [0.717, 1.165) is 0 Å². The number of carbonyl (C=O) groups excluding carboxylic acids is 1. The van der Waals surface area contributed by atoms with Crippen molar-refractivity contribution in [2.45, 2.75) is 0 Å². The zero-order chi connectivity index (χ0) is 11.4. The third kappa shape index (κ3) is 11.2. The van der Waals surface area contributed by atoms with Gasteiger partial charge < -0.3 is 25.2 Å². The van der Waals surface area contributed by atoms with Crippen LogP contribution in [0.15, 0.2) is 0 Å². The van der Waals surface area contributed by atoms with Crippen LogP contribution < -0.4 is 10.6 Å². The van der Waals surface area contributed by atoms with Crippen LogP contribution in [-0.2, 0) is 14.3 Å². The van der Waals surface area contributed by atoms with E-state index >= 15 is 0 Å². The molecule has 0 heterocycles. The molecule has 0 saturated carbocycles. The number of ether oxygens (including phenoxy) is 2. The van der Waals surface area contributed by atoms with Gasteiger partial charge in [0.15, 0.2) is 0 Å². The van der Waals surface area contributed by atoms with Gasteiger partial charge in [0, 0.05) is 20.2 Å². The summed E-state index contributed by atoms with van der Waals surface area (Å²) in [6.07, 6.45) is 0. The molecule has 0 aromatic carbocycles. The number of aliphatic hydroxyl groups excluding tert-OH is 1. The Morgan fingerprint density at radius 2 is 2.07 bits per heavy atom. The van der Waals surface area contributed by atoms with Gasteiger partial charge in [-0.3, -0.25) is 4.79 Å². The molecule has 0 aromatic heterocycles. The van der Waals surface area contributed by atoms with Gasteiger partial charge in [-0.05, 0) is 0 Å². The summed E-state index contributed by atoms with van der Waals surface area (Å²) in [6, 6.07) is 0. The maximum Gasteiger partial charge on any atom is 0.234 e. The molecule has 0 saturated heterocycles. The number of nitrogens with one attached hydrogen (secondary N) is 2. The van der Waals surface area contributed by atoms with Crippen LogP contribution in [0.25, 0.3) is 0 Å². The standard InChI is InChI=1S/C9H20N2O4/c1-14-5-3-11-9(13)8-10-2-6-15-7-4-12/h10,12H,2-8H2,1H3,(H,11,13). The molecule has 1 amide bonds. The summed E-state index contributed by atoms with van der Waals surface area (Å²) in [4.78, 5) is 11.1. The first kappa shape index (κ1) is 14.3. The van der Waals surface area contributed by atoms with Crippen LogP contribution in [0.2, 0.25) is 0 Å². The Morgan fingerprint density at radius 1 is 1.27 bits per heavy atom. The van der Waals surface area contributed by atoms with Crippen molar-refractivity contribution in [3.05, 3.63) is 0 Å². The van der Waals surface area contributed by atoms with Crippen LogP contribution >= 0.6 is 0 Å². The van der Waals surface area contributed by atoms with E-state index < -0.39 is 0 Å². The van der Waals surface area contributed by atoms with Crippen molar-refractivity contribution in [2.24, 2.45) is 0 Å². The van der Waals surface area contributed by atoms with E-state index in [-0.39, 0.29) is 19.1 Å². The van der Waals surface area contributed by atoms with E-state index in [1.165, 1.54) is 0 Å². The summed E-state index contributed by atoms with van der Waals surface area (Å²) in [5, 5.41) is 14.0. The SMILES string of the molecule is COCCNC(=O)CNCCOCCO. The molecule has 0 spiro atoms. The third-order valence-corrected chi connectivity index (χ3v) is 1.57. The summed E-state index contributed by atoms with van der Waals surface area (Å²) in [6.45, 7) is 2.76. The largest absolute Gasteiger partial charge is 0.394 e. The Balaban J connectivity index is 3.10. The zero-order valence-electron chi connectivity index (χ0n) is 9.12. The van der Waals surface area contributed by atoms with E-state index in [1.807, 2.05) is 0 Å². The van der Waals surface area contributed by atoms with Gasteiger partial charge in [-0.2, -0.15) is 0 Å². The fraction of sp³-hybridized carbons (Fsp3) is 0.889. The Hall–Kier alpha value is -0.690. The van der Waals surface area contributed by atoms with Crippen LogP contribution in [0.5, 0.6) is 0 Å². The van der Waals surface area contributed by atoms with Crippen molar-refractivity contribution >= 4 is 5.91 Å². The van der Waals surface area contributed by atoms with Gasteiger partial charge in [-0.1, -0.05) is 0 Å². The summed E-state index contributed by atoms with van der Waals surface area (Å²) >= 11 is 0. The second-order valence-electron chi connectivity index (χ2n) is 2.86. The first-order valence-corrected chi connectivity index (χ1v) is 4.96. The first-order valence-electron chi connectivity index (χ1n) is 4.96. The predicted octanol–water partition coefficient (Wildman–Crippen LogP) is -1.65. The van der Waals surface area contributed by atoms with Crippen LogP contribution in [0.1, 0.15) is 0 Å². The molecule has 0 rings (SSSR count). The molecule has 0 fully saturated rings. The van der Waals surface area contributed by atoms with Gasteiger partial charge >= 0.3 is 0 Å². The van der Waals surface area contributed by atoms with Gasteiger partial charge in [0.1, 0.15) is 0 Å². The summed E-state index contributed by atoms with van der Waals surface area (Å²) in [5.74, 6) is -0.0609. The maximum absolute atomic E-state index is 11.1. The topological polar surface area (TPSA) is 79.8 Å². The maximum atomic E-state index is 11.1. The molecule has 6 heteroatoms. The van der Waals surface area contributed by atoms with Gasteiger partial charge in [0.05, 0.1) is 33.0 Å². The van der Waals surface area contributed by atoms with Gasteiger partial charge in [-0.15, -0.1) is 0 Å². The fourth-order valence-corrected chi connectivity index (χ4v) is 0.868. The minimum absolute atomic E-state index is 0.0253. The molecule has 0 radical (unpaired) electrons. The molecular weight excluding hydrogens is 200 g/mol. The highest BCUT2D eigenvalue weighted by molar-refractivity contribution is 5.77. The Bertz CT molecular complexity index is 155. The number of amides is 1. The van der Waals surface area contributed by atoms with Crippen LogP contribution in [0.4, 0.5) is 0 Å². The number of hydrogen-bond acceptors (Lipinski definition) is 5. The van der Waals surface area contributed by atoms with E-state index in [0.29, 0.717) is 32.9 Å². The van der Waals surface area contributed by atoms with Crippen molar-refractivity contribution in [1.29, 1.82) is 0 Å². The predicted molar refractivity (Wildman–Crippen MR) is 55.7 cm³/mol. The summed E-state index contributed by atoms with van der Waals surface area (Å²) in [7, 11) is 1.59. The van der Waals surface area contributed by atoms with Crippen molar-refractivity contribution in [2.75, 3.05) is 53.2 Å². The summed E-state index contributed by atoms with van der Waals surface area (Å²) < 4.78 is 9.78. The molecule has 0 atom stereocenters. The van der Waals surface area contributed by atoms with Gasteiger partial charge in [0.2, 0.25) is 5.91 Å². The minimum atomic E-state index is -0.0609. The molecule has 0 aliphatic carbocycles. The molecular formula is C9H20N2O4. The highest BCUT2D eigenvalue weighted by atomic mass is 16.5. The second-order valence-corrected chi connectivity index (χ2v) is 2.86. The average molecular weight is 220 g/mol. The van der Waals surface area contributed by atoms with Crippen molar-refractivity contribution in [1.82, 2.24) is 10.6 Å². The Labute approximate surface area is 89.9 Å². The lowest BCUT2D eigenvalue weighted by atomic mass is 10.5. The Morgan fingerprint density at radius 3 is 2.73 bits per heavy atom. The summed E-state index contributed by atoms with van der Waals surface area (Å²) in [5.41, 5.74) is 0. The van der Waals surface area contributed by atoms with Gasteiger partial charge in [-0.25, -0.2) is 0 Å². The lowest BCUT2D eigenvalue weighted by Crippen LogP contribution is -2.36. The third-order valence-electron chi connectivity index (χ3n) is 1.57. The molecule has 0 unspecified atom stereocenters. The van der Waals surface area contributed by atoms with E-state index in [9.17, 15) is 4.79 Å². The average Bonchev–Trinajstić information content (AvgIpc) is 2.23. The highest BCUT2D eigenvalue weighted by Gasteiger charge is 1.98. The Kier molecular flexibility index (Phi) is 10.9. The number of methoxy groups -OCH3 is 1. The molecule has 0 aromatic rings. The first-order chi connectivity index (χ1) is 7.31. The van der Waals surface area contributed by atoms with Crippen LogP contribution in [0, 0.1) is 0 Å². The minimum Gasteiger partial charge on any atom is -0.394 e. The smallest absolute Gasteiger partial charge is 0.234 e. The molecule has 6 nitrogen and oxygen atoms in total. The van der Waals surface area contributed by atoms with Gasteiger partial charge in [0.25, 0.3) is 0 Å². The molecule has 90 valence electrons. The van der Waals surface area contributed by atoms with Crippen molar-refractivity contribution in [3.8, 4) is 0 Å². The van der Waals surface area contributed by atoms with E-state index in [1.54, 1.807) is 7.11 Å². The number of hydrogen-bond donors (Lipinski definition) is 3. The zero-order valence-corrected chi connectivity index (χ0v) is 9.12. The lowest BCUT2D eigenvalue weighted by molar-refractivity contribution is -0.120. The number of rotatable bonds is 10. The highest BCUT2D eigenvalue weighted by Crippen LogP contribution is 1.72. The van der Waals surface area contributed by atoms with Crippen molar-refractivity contribution in [3.63, 3.8) is 0 Å². The van der Waals surface area contributed by atoms with Crippen LogP contribution in [0.3, 0.4) is 0 Å². The molecule has 0 bridgehead atoms. The van der Waals surface area contributed by atoms with Crippen molar-refractivity contribution < 1.29 is 19.4 Å². The normalized spacial score (nSPS) is 10.3. The molecule has 3 N–H and O–H groups in total. The quantitative estimate of drug-likeness (QED) is 0.384. The second kappa shape index (κ2) is 11.4. The van der Waals surface area contributed by atoms with E-state index in [2.05, 4.69) is 10.6 Å². The van der Waals surface area contributed by atoms with E-state index in [4.69, 9.17) is 14.6 Å². The number of carbonyl (C=O) groups is 1. The molecule has 0 aliphatic rings.